The average molecular weight is 312 g/mol. The van der Waals surface area contributed by atoms with Gasteiger partial charge in [-0.2, -0.15) is 0 Å². The van der Waals surface area contributed by atoms with E-state index in [-0.39, 0.29) is 36.8 Å². The van der Waals surface area contributed by atoms with Crippen LogP contribution in [0.2, 0.25) is 0 Å². The second-order valence-electron chi connectivity index (χ2n) is 5.35. The molecule has 0 radical (unpaired) electrons. The van der Waals surface area contributed by atoms with Gasteiger partial charge in [0.05, 0.1) is 12.6 Å². The third kappa shape index (κ3) is 4.36. The van der Waals surface area contributed by atoms with Crippen molar-refractivity contribution in [1.29, 1.82) is 0 Å². The van der Waals surface area contributed by atoms with E-state index in [4.69, 9.17) is 5.73 Å². The largest absolute Gasteiger partial charge is 0.399 e. The van der Waals surface area contributed by atoms with E-state index in [0.717, 1.165) is 30.5 Å². The first-order valence-corrected chi connectivity index (χ1v) is 6.86. The Hall–Kier alpha value is -1.75. The van der Waals surface area contributed by atoms with E-state index in [0.29, 0.717) is 0 Å². The van der Waals surface area contributed by atoms with Crippen LogP contribution < -0.4 is 11.1 Å². The highest BCUT2D eigenvalue weighted by molar-refractivity contribution is 5.85. The predicted molar refractivity (Wildman–Crippen MR) is 85.2 cm³/mol. The van der Waals surface area contributed by atoms with Gasteiger partial charge in [-0.25, -0.2) is 0 Å². The summed E-state index contributed by atoms with van der Waals surface area (Å²) in [5.41, 5.74) is 8.91. The fraction of sp³-hybridized carbons (Fsp3) is 0.467. The summed E-state index contributed by atoms with van der Waals surface area (Å²) < 4.78 is 0. The van der Waals surface area contributed by atoms with Crippen molar-refractivity contribution in [2.75, 3.05) is 19.3 Å². The van der Waals surface area contributed by atoms with Crippen LogP contribution in [0.25, 0.3) is 0 Å². The Balaban J connectivity index is 0.00000220. The number of hydrogen-bond donors (Lipinski definition) is 2. The number of rotatable bonds is 3. The van der Waals surface area contributed by atoms with Crippen molar-refractivity contribution in [1.82, 2.24) is 10.2 Å². The van der Waals surface area contributed by atoms with Crippen LogP contribution in [0, 0.1) is 0 Å². The van der Waals surface area contributed by atoms with Gasteiger partial charge in [-0.15, -0.1) is 12.4 Å². The molecule has 1 aliphatic rings. The molecular formula is C15H22ClN3O2. The Labute approximate surface area is 131 Å². The fourth-order valence-electron chi connectivity index (χ4n) is 2.55. The lowest BCUT2D eigenvalue weighted by Crippen LogP contribution is -2.39. The Morgan fingerprint density at radius 3 is 2.81 bits per heavy atom. The third-order valence-electron chi connectivity index (χ3n) is 3.73. The molecule has 0 bridgehead atoms. The van der Waals surface area contributed by atoms with Gasteiger partial charge in [0.2, 0.25) is 11.8 Å². The second kappa shape index (κ2) is 7.31. The minimum Gasteiger partial charge on any atom is -0.399 e. The minimum absolute atomic E-state index is 0. The van der Waals surface area contributed by atoms with Crippen molar-refractivity contribution in [3.05, 3.63) is 29.3 Å². The molecule has 1 aromatic carbocycles. The van der Waals surface area contributed by atoms with E-state index < -0.39 is 0 Å². The molecule has 0 saturated carbocycles. The number of fused-ring (bicyclic) bond motifs is 1. The van der Waals surface area contributed by atoms with Gasteiger partial charge >= 0.3 is 0 Å². The maximum absolute atomic E-state index is 12.0. The molecule has 116 valence electrons. The molecule has 1 aromatic rings. The lowest BCUT2D eigenvalue weighted by molar-refractivity contribution is -0.133. The maximum atomic E-state index is 12.0. The normalized spacial score (nSPS) is 16.4. The molecule has 0 heterocycles. The van der Waals surface area contributed by atoms with Gasteiger partial charge < -0.3 is 16.0 Å². The first kappa shape index (κ1) is 17.3. The molecule has 0 fully saturated rings. The first-order valence-electron chi connectivity index (χ1n) is 6.86. The number of amides is 2. The molecule has 0 saturated heterocycles. The first-order chi connectivity index (χ1) is 9.47. The minimum atomic E-state index is -0.127. The summed E-state index contributed by atoms with van der Waals surface area (Å²) in [5, 5.41) is 3.01. The Bertz CT molecular complexity index is 534. The summed E-state index contributed by atoms with van der Waals surface area (Å²) in [6.07, 6.45) is 2.95. The Kier molecular flexibility index (Phi) is 6.03. The van der Waals surface area contributed by atoms with Crippen LogP contribution in [-0.4, -0.2) is 30.3 Å². The number of carbonyl (C=O) groups excluding carboxylic acids is 2. The van der Waals surface area contributed by atoms with E-state index in [1.165, 1.54) is 17.4 Å². The van der Waals surface area contributed by atoms with Crippen LogP contribution in [-0.2, 0) is 16.0 Å². The zero-order chi connectivity index (χ0) is 14.7. The van der Waals surface area contributed by atoms with Crippen molar-refractivity contribution in [2.24, 2.45) is 0 Å². The monoisotopic (exact) mass is 311 g/mol. The van der Waals surface area contributed by atoms with Gasteiger partial charge in [0.1, 0.15) is 0 Å². The van der Waals surface area contributed by atoms with Crippen LogP contribution in [0.15, 0.2) is 18.2 Å². The number of nitrogens with zero attached hydrogens (tertiary/aromatic N) is 1. The SMILES string of the molecule is CC(=O)N(C)CC(=O)NC1CCCc2cc(N)ccc21.Cl. The molecule has 1 atom stereocenters. The summed E-state index contributed by atoms with van der Waals surface area (Å²) in [6, 6.07) is 5.86. The van der Waals surface area contributed by atoms with E-state index in [1.54, 1.807) is 7.05 Å². The van der Waals surface area contributed by atoms with Crippen molar-refractivity contribution in [3.8, 4) is 0 Å². The number of nitrogens with one attached hydrogen (secondary N) is 1. The van der Waals surface area contributed by atoms with Gasteiger partial charge in [-0.3, -0.25) is 9.59 Å². The highest BCUT2D eigenvalue weighted by atomic mass is 35.5. The van der Waals surface area contributed by atoms with Crippen LogP contribution in [0.3, 0.4) is 0 Å². The van der Waals surface area contributed by atoms with E-state index in [9.17, 15) is 9.59 Å². The van der Waals surface area contributed by atoms with Crippen molar-refractivity contribution in [2.45, 2.75) is 32.2 Å². The smallest absolute Gasteiger partial charge is 0.240 e. The third-order valence-corrected chi connectivity index (χ3v) is 3.73. The number of hydrogen-bond acceptors (Lipinski definition) is 3. The van der Waals surface area contributed by atoms with Crippen LogP contribution in [0.4, 0.5) is 5.69 Å². The molecule has 1 unspecified atom stereocenters. The number of nitrogen functional groups attached to an aromatic ring is 1. The number of halogens is 1. The zero-order valence-electron chi connectivity index (χ0n) is 12.4. The predicted octanol–water partition coefficient (Wildman–Crippen LogP) is 1.66. The van der Waals surface area contributed by atoms with E-state index in [2.05, 4.69) is 5.32 Å². The van der Waals surface area contributed by atoms with Crippen LogP contribution >= 0.6 is 12.4 Å². The number of likely N-dealkylation sites (N-methyl/N-ethyl adjacent to an activating group) is 1. The molecule has 0 spiro atoms. The van der Waals surface area contributed by atoms with Crippen molar-refractivity contribution < 1.29 is 9.59 Å². The van der Waals surface area contributed by atoms with Crippen molar-refractivity contribution in [3.63, 3.8) is 0 Å². The van der Waals surface area contributed by atoms with Gasteiger partial charge in [-0.05, 0) is 42.5 Å². The van der Waals surface area contributed by atoms with Crippen molar-refractivity contribution >= 4 is 29.9 Å². The van der Waals surface area contributed by atoms with Gasteiger partial charge in [0.25, 0.3) is 0 Å². The fourth-order valence-corrected chi connectivity index (χ4v) is 2.55. The number of benzene rings is 1. The maximum Gasteiger partial charge on any atom is 0.240 e. The lowest BCUT2D eigenvalue weighted by atomic mass is 9.87. The summed E-state index contributed by atoms with van der Waals surface area (Å²) in [6.45, 7) is 1.54. The van der Waals surface area contributed by atoms with Gasteiger partial charge in [-0.1, -0.05) is 6.07 Å². The number of aryl methyl sites for hydroxylation is 1. The van der Waals surface area contributed by atoms with Gasteiger partial charge in [0.15, 0.2) is 0 Å². The van der Waals surface area contributed by atoms with Gasteiger partial charge in [0, 0.05) is 19.7 Å². The molecular weight excluding hydrogens is 290 g/mol. The molecule has 2 amide bonds. The molecule has 3 N–H and O–H groups in total. The molecule has 6 heteroatoms. The highest BCUT2D eigenvalue weighted by Crippen LogP contribution is 2.30. The molecule has 2 rings (SSSR count). The van der Waals surface area contributed by atoms with Crippen LogP contribution in [0.1, 0.15) is 36.9 Å². The Morgan fingerprint density at radius 2 is 2.14 bits per heavy atom. The summed E-state index contributed by atoms with van der Waals surface area (Å²) >= 11 is 0. The quantitative estimate of drug-likeness (QED) is 0.834. The number of carbonyl (C=O) groups is 2. The summed E-state index contributed by atoms with van der Waals surface area (Å²) in [4.78, 5) is 24.5. The number of anilines is 1. The van der Waals surface area contributed by atoms with E-state index >= 15 is 0 Å². The topological polar surface area (TPSA) is 75.4 Å². The standard InChI is InChI=1S/C15H21N3O2.ClH/c1-10(19)18(2)9-15(20)17-14-5-3-4-11-8-12(16)6-7-13(11)14;/h6-8,14H,3-5,9,16H2,1-2H3,(H,17,20);1H. The Morgan fingerprint density at radius 1 is 1.43 bits per heavy atom. The average Bonchev–Trinajstić information content (AvgIpc) is 2.38. The van der Waals surface area contributed by atoms with Crippen LogP contribution in [0.5, 0.6) is 0 Å². The number of nitrogens with two attached hydrogens (primary N) is 1. The molecule has 1 aliphatic carbocycles. The second-order valence-corrected chi connectivity index (χ2v) is 5.35. The molecule has 5 nitrogen and oxygen atoms in total. The highest BCUT2D eigenvalue weighted by Gasteiger charge is 2.22. The summed E-state index contributed by atoms with van der Waals surface area (Å²) in [7, 11) is 1.62. The lowest BCUT2D eigenvalue weighted by Gasteiger charge is -2.27. The zero-order valence-corrected chi connectivity index (χ0v) is 13.2. The van der Waals surface area contributed by atoms with E-state index in [1.807, 2.05) is 18.2 Å². The molecule has 21 heavy (non-hydrogen) atoms. The molecule has 0 aliphatic heterocycles. The summed E-state index contributed by atoms with van der Waals surface area (Å²) in [5.74, 6) is -0.241. The molecule has 0 aromatic heterocycles.